The van der Waals surface area contributed by atoms with Gasteiger partial charge in [-0.1, -0.05) is 26.8 Å². The predicted octanol–water partition coefficient (Wildman–Crippen LogP) is 4.25. The van der Waals surface area contributed by atoms with Crippen molar-refractivity contribution >= 4 is 35.5 Å². The van der Waals surface area contributed by atoms with Crippen LogP contribution in [0.1, 0.15) is 42.3 Å². The highest BCUT2D eigenvalue weighted by atomic mass is 32.2. The van der Waals surface area contributed by atoms with Gasteiger partial charge in [-0.15, -0.1) is 0 Å². The molecule has 11 heteroatoms. The highest BCUT2D eigenvalue weighted by molar-refractivity contribution is 7.97. The van der Waals surface area contributed by atoms with E-state index >= 15 is 0 Å². The molecule has 2 aromatic rings. The van der Waals surface area contributed by atoms with Crippen LogP contribution < -0.4 is 10.0 Å². The summed E-state index contributed by atoms with van der Waals surface area (Å²) in [6.07, 6.45) is -0.483. The number of halogens is 1. The van der Waals surface area contributed by atoms with Crippen LogP contribution in [0.3, 0.4) is 0 Å². The molecular weight excluding hydrogens is 521 g/mol. The first-order valence-corrected chi connectivity index (χ1v) is 13.5. The molecule has 2 unspecified atom stereocenters. The third kappa shape index (κ3) is 6.52. The second-order valence-corrected chi connectivity index (χ2v) is 11.9. The van der Waals surface area contributed by atoms with Crippen molar-refractivity contribution in [3.63, 3.8) is 0 Å². The fraction of sp³-hybridized carbons (Fsp3) is 0.429. The molecule has 0 aliphatic carbocycles. The van der Waals surface area contributed by atoms with E-state index < -0.39 is 17.3 Å². The summed E-state index contributed by atoms with van der Waals surface area (Å²) < 4.78 is 23.0. The fourth-order valence-electron chi connectivity index (χ4n) is 4.76. The van der Waals surface area contributed by atoms with Gasteiger partial charge in [-0.2, -0.15) is 5.26 Å². The highest BCUT2D eigenvalue weighted by Gasteiger charge is 2.44. The van der Waals surface area contributed by atoms with Crippen molar-refractivity contribution in [3.8, 4) is 6.07 Å². The minimum Gasteiger partial charge on any atom is -0.444 e. The summed E-state index contributed by atoms with van der Waals surface area (Å²) in [6, 6.07) is 11.4. The quantitative estimate of drug-likeness (QED) is 0.514. The van der Waals surface area contributed by atoms with Gasteiger partial charge in [0.25, 0.3) is 5.91 Å². The van der Waals surface area contributed by atoms with E-state index in [0.29, 0.717) is 47.9 Å². The van der Waals surface area contributed by atoms with E-state index in [0.717, 1.165) is 0 Å². The van der Waals surface area contributed by atoms with Crippen LogP contribution in [0.4, 0.5) is 14.9 Å². The molecule has 4 rings (SSSR count). The molecule has 2 fully saturated rings. The molecule has 0 spiro atoms. The number of hydrogen-bond acceptors (Lipinski definition) is 7. The van der Waals surface area contributed by atoms with Crippen LogP contribution in [0.2, 0.25) is 0 Å². The zero-order valence-corrected chi connectivity index (χ0v) is 23.2. The van der Waals surface area contributed by atoms with Crippen LogP contribution in [-0.4, -0.2) is 60.9 Å². The minimum atomic E-state index is -0.639. The van der Waals surface area contributed by atoms with E-state index in [1.807, 2.05) is 0 Å². The Labute approximate surface area is 231 Å². The number of rotatable bonds is 6. The van der Waals surface area contributed by atoms with Crippen LogP contribution in [0.5, 0.6) is 0 Å². The number of benzene rings is 2. The SMILES string of the molecule is CNSc1ccc(C(=O)N2CC3CN(C(=O)OCc4ccc(C#N)cc4NC(=O)C(C)(C)C)CC3C2)c(F)c1. The molecular formula is C28H32FN5O4S. The lowest BCUT2D eigenvalue weighted by atomic mass is 9.95. The summed E-state index contributed by atoms with van der Waals surface area (Å²) in [6.45, 7) is 7.05. The lowest BCUT2D eigenvalue weighted by molar-refractivity contribution is -0.123. The third-order valence-corrected chi connectivity index (χ3v) is 7.64. The lowest BCUT2D eigenvalue weighted by Gasteiger charge is -2.22. The van der Waals surface area contributed by atoms with Gasteiger partial charge in [0.15, 0.2) is 0 Å². The summed E-state index contributed by atoms with van der Waals surface area (Å²) in [5, 5.41) is 12.1. The van der Waals surface area contributed by atoms with Crippen LogP contribution in [0.25, 0.3) is 0 Å². The Morgan fingerprint density at radius 1 is 1.08 bits per heavy atom. The van der Waals surface area contributed by atoms with Crippen LogP contribution in [0, 0.1) is 34.4 Å². The molecule has 2 aliphatic rings. The molecule has 3 amide bonds. The summed E-state index contributed by atoms with van der Waals surface area (Å²) in [5.41, 5.74) is 0.799. The van der Waals surface area contributed by atoms with Crippen molar-refractivity contribution < 1.29 is 23.5 Å². The van der Waals surface area contributed by atoms with Gasteiger partial charge in [-0.25, -0.2) is 9.18 Å². The number of hydrogen-bond donors (Lipinski definition) is 2. The van der Waals surface area contributed by atoms with E-state index in [1.165, 1.54) is 24.1 Å². The second kappa shape index (κ2) is 11.6. The number of ether oxygens (including phenoxy) is 1. The number of carbonyl (C=O) groups is 3. The first-order chi connectivity index (χ1) is 18.5. The van der Waals surface area contributed by atoms with Gasteiger partial charge in [0.05, 0.1) is 17.2 Å². The molecule has 2 aromatic carbocycles. The largest absolute Gasteiger partial charge is 0.444 e. The number of amides is 3. The zero-order valence-electron chi connectivity index (χ0n) is 22.4. The lowest BCUT2D eigenvalue weighted by Crippen LogP contribution is -2.36. The Morgan fingerprint density at radius 3 is 2.33 bits per heavy atom. The van der Waals surface area contributed by atoms with Gasteiger partial charge in [0.1, 0.15) is 12.4 Å². The van der Waals surface area contributed by atoms with E-state index in [4.69, 9.17) is 4.74 Å². The Hall–Kier alpha value is -3.62. The Bertz CT molecular complexity index is 1310. The van der Waals surface area contributed by atoms with Gasteiger partial charge in [0, 0.05) is 59.6 Å². The maximum atomic E-state index is 14.6. The molecule has 0 aromatic heterocycles. The zero-order chi connectivity index (χ0) is 28.3. The molecule has 0 radical (unpaired) electrons. The van der Waals surface area contributed by atoms with Gasteiger partial charge in [-0.3, -0.25) is 14.3 Å². The number of fused-ring (bicyclic) bond motifs is 1. The first kappa shape index (κ1) is 28.4. The summed E-state index contributed by atoms with van der Waals surface area (Å²) in [4.78, 5) is 42.3. The monoisotopic (exact) mass is 553 g/mol. The standard InChI is InChI=1S/C28H32FN5O4S/c1-28(2,3)26(36)32-24-9-17(11-30)5-6-18(24)16-38-27(37)34-14-19-12-33(13-20(19)15-34)25(35)22-8-7-21(39-31-4)10-23(22)29/h5-10,19-20,31H,12-16H2,1-4H3,(H,32,36). The van der Waals surface area contributed by atoms with Crippen molar-refractivity contribution in [1.82, 2.24) is 14.5 Å². The van der Waals surface area contributed by atoms with Crippen molar-refractivity contribution in [2.75, 3.05) is 38.5 Å². The molecule has 2 aliphatic heterocycles. The molecule has 2 heterocycles. The number of nitrogens with one attached hydrogen (secondary N) is 2. The van der Waals surface area contributed by atoms with Crippen LogP contribution >= 0.6 is 11.9 Å². The summed E-state index contributed by atoms with van der Waals surface area (Å²) >= 11 is 1.27. The van der Waals surface area contributed by atoms with Crippen molar-refractivity contribution in [2.24, 2.45) is 17.3 Å². The number of anilines is 1. The molecule has 2 atom stereocenters. The van der Waals surface area contributed by atoms with Crippen molar-refractivity contribution in [1.29, 1.82) is 5.26 Å². The van der Waals surface area contributed by atoms with Gasteiger partial charge < -0.3 is 19.9 Å². The molecule has 39 heavy (non-hydrogen) atoms. The maximum absolute atomic E-state index is 14.6. The molecule has 2 saturated heterocycles. The highest BCUT2D eigenvalue weighted by Crippen LogP contribution is 2.33. The van der Waals surface area contributed by atoms with E-state index in [1.54, 1.807) is 61.9 Å². The van der Waals surface area contributed by atoms with Gasteiger partial charge in [0.2, 0.25) is 5.91 Å². The molecule has 9 nitrogen and oxygen atoms in total. The van der Waals surface area contributed by atoms with Gasteiger partial charge >= 0.3 is 6.09 Å². The number of nitrogens with zero attached hydrogens (tertiary/aromatic N) is 3. The molecule has 0 bridgehead atoms. The van der Waals surface area contributed by atoms with E-state index in [2.05, 4.69) is 16.1 Å². The normalized spacial score (nSPS) is 18.5. The Balaban J connectivity index is 1.33. The fourth-order valence-corrected chi connectivity index (χ4v) is 5.29. The molecule has 0 saturated carbocycles. The van der Waals surface area contributed by atoms with Crippen molar-refractivity contribution in [2.45, 2.75) is 32.3 Å². The number of nitriles is 1. The summed E-state index contributed by atoms with van der Waals surface area (Å²) in [5.74, 6) is -0.948. The molecule has 2 N–H and O–H groups in total. The van der Waals surface area contributed by atoms with Crippen LogP contribution in [-0.2, 0) is 16.1 Å². The number of carbonyl (C=O) groups excluding carboxylic acids is 3. The third-order valence-electron chi connectivity index (χ3n) is 6.94. The van der Waals surface area contributed by atoms with Gasteiger partial charge in [-0.05, 0) is 49.3 Å². The smallest absolute Gasteiger partial charge is 0.410 e. The minimum absolute atomic E-state index is 0.0449. The average Bonchev–Trinajstić information content (AvgIpc) is 3.47. The maximum Gasteiger partial charge on any atom is 0.410 e. The average molecular weight is 554 g/mol. The first-order valence-electron chi connectivity index (χ1n) is 12.7. The van der Waals surface area contributed by atoms with Crippen LogP contribution in [0.15, 0.2) is 41.3 Å². The predicted molar refractivity (Wildman–Crippen MR) is 145 cm³/mol. The Morgan fingerprint density at radius 2 is 1.74 bits per heavy atom. The van der Waals surface area contributed by atoms with E-state index in [9.17, 15) is 24.0 Å². The second-order valence-electron chi connectivity index (χ2n) is 10.8. The number of likely N-dealkylation sites (tertiary alicyclic amines) is 2. The summed E-state index contributed by atoms with van der Waals surface area (Å²) in [7, 11) is 1.74. The van der Waals surface area contributed by atoms with Crippen molar-refractivity contribution in [3.05, 3.63) is 58.9 Å². The van der Waals surface area contributed by atoms with E-state index in [-0.39, 0.29) is 35.8 Å². The molecule has 206 valence electrons. The topological polar surface area (TPSA) is 115 Å². The Kier molecular flexibility index (Phi) is 8.47.